The summed E-state index contributed by atoms with van der Waals surface area (Å²) in [6.07, 6.45) is 10.2. The summed E-state index contributed by atoms with van der Waals surface area (Å²) < 4.78 is 0. The van der Waals surface area contributed by atoms with Crippen LogP contribution in [0.25, 0.3) is 0 Å². The quantitative estimate of drug-likeness (QED) is 0.546. The first-order valence-corrected chi connectivity index (χ1v) is 4.12. The van der Waals surface area contributed by atoms with Gasteiger partial charge in [-0.2, -0.15) is 0 Å². The Morgan fingerprint density at radius 3 is 2.73 bits per heavy atom. The summed E-state index contributed by atoms with van der Waals surface area (Å²) in [6, 6.07) is 0. The van der Waals surface area contributed by atoms with Crippen LogP contribution in [0.4, 0.5) is 0 Å². The zero-order chi connectivity index (χ0) is 8.53. The van der Waals surface area contributed by atoms with E-state index in [1.165, 1.54) is 12.0 Å². The summed E-state index contributed by atoms with van der Waals surface area (Å²) in [4.78, 5) is 4.11. The van der Waals surface area contributed by atoms with E-state index in [4.69, 9.17) is 0 Å². The van der Waals surface area contributed by atoms with Gasteiger partial charge >= 0.3 is 0 Å². The van der Waals surface area contributed by atoms with Gasteiger partial charge in [-0.1, -0.05) is 25.5 Å². The topological polar surface area (TPSA) is 12.4 Å². The maximum Gasteiger partial charge on any atom is 0.0293 e. The molecule has 1 heteroatoms. The first-order chi connectivity index (χ1) is 5.31. The van der Waals surface area contributed by atoms with Crippen molar-refractivity contribution in [3.05, 3.63) is 23.9 Å². The summed E-state index contributed by atoms with van der Waals surface area (Å²) in [6.45, 7) is 6.21. The van der Waals surface area contributed by atoms with Crippen LogP contribution >= 0.6 is 0 Å². The SMILES string of the molecule is C/C=C(C)/C=N/C=C\CCC. The summed E-state index contributed by atoms with van der Waals surface area (Å²) in [7, 11) is 0. The fourth-order valence-electron chi connectivity index (χ4n) is 0.537. The minimum absolute atomic E-state index is 1.12. The van der Waals surface area contributed by atoms with Gasteiger partial charge in [0.05, 0.1) is 0 Å². The van der Waals surface area contributed by atoms with E-state index in [0.29, 0.717) is 0 Å². The minimum Gasteiger partial charge on any atom is -0.265 e. The number of hydrogen-bond acceptors (Lipinski definition) is 1. The van der Waals surface area contributed by atoms with E-state index in [-0.39, 0.29) is 0 Å². The Balaban J connectivity index is 3.59. The van der Waals surface area contributed by atoms with E-state index in [0.717, 1.165) is 6.42 Å². The molecule has 0 aromatic rings. The fraction of sp³-hybridized carbons (Fsp3) is 0.500. The molecule has 0 radical (unpaired) electrons. The molecule has 0 fully saturated rings. The Bertz CT molecular complexity index is 164. The number of unbranched alkanes of at least 4 members (excludes halogenated alkanes) is 1. The van der Waals surface area contributed by atoms with Crippen molar-refractivity contribution in [2.75, 3.05) is 0 Å². The second-order valence-electron chi connectivity index (χ2n) is 2.48. The number of rotatable bonds is 4. The highest BCUT2D eigenvalue weighted by Gasteiger charge is 1.74. The normalized spacial score (nSPS) is 13.5. The summed E-state index contributed by atoms with van der Waals surface area (Å²) >= 11 is 0. The van der Waals surface area contributed by atoms with Crippen molar-refractivity contribution in [2.24, 2.45) is 4.99 Å². The largest absolute Gasteiger partial charge is 0.265 e. The molecule has 11 heavy (non-hydrogen) atoms. The van der Waals surface area contributed by atoms with Gasteiger partial charge in [-0.25, -0.2) is 0 Å². The molecule has 0 bridgehead atoms. The van der Waals surface area contributed by atoms with Crippen LogP contribution in [-0.2, 0) is 0 Å². The van der Waals surface area contributed by atoms with E-state index >= 15 is 0 Å². The second-order valence-corrected chi connectivity index (χ2v) is 2.48. The zero-order valence-electron chi connectivity index (χ0n) is 7.67. The third-order valence-electron chi connectivity index (χ3n) is 1.38. The molecule has 0 spiro atoms. The van der Waals surface area contributed by atoms with Crippen molar-refractivity contribution in [2.45, 2.75) is 33.6 Å². The van der Waals surface area contributed by atoms with Crippen LogP contribution in [-0.4, -0.2) is 6.21 Å². The minimum atomic E-state index is 1.12. The highest BCUT2D eigenvalue weighted by molar-refractivity contribution is 5.77. The van der Waals surface area contributed by atoms with Crippen LogP contribution in [0, 0.1) is 0 Å². The first-order valence-electron chi connectivity index (χ1n) is 4.12. The lowest BCUT2D eigenvalue weighted by atomic mass is 10.3. The molecular formula is C10H17N. The Morgan fingerprint density at radius 1 is 1.45 bits per heavy atom. The molecule has 0 saturated carbocycles. The van der Waals surface area contributed by atoms with E-state index in [1.807, 2.05) is 32.3 Å². The first kappa shape index (κ1) is 10.2. The number of allylic oxidation sites excluding steroid dienone is 3. The molecule has 0 aliphatic carbocycles. The van der Waals surface area contributed by atoms with Crippen LogP contribution < -0.4 is 0 Å². The molecular weight excluding hydrogens is 134 g/mol. The monoisotopic (exact) mass is 151 g/mol. The van der Waals surface area contributed by atoms with Gasteiger partial charge in [-0.05, 0) is 25.8 Å². The van der Waals surface area contributed by atoms with Crippen molar-refractivity contribution in [1.82, 2.24) is 0 Å². The van der Waals surface area contributed by atoms with Gasteiger partial charge in [0.25, 0.3) is 0 Å². The second kappa shape index (κ2) is 7.26. The molecule has 0 N–H and O–H groups in total. The molecule has 0 amide bonds. The maximum absolute atomic E-state index is 4.11. The van der Waals surface area contributed by atoms with Crippen molar-refractivity contribution >= 4 is 6.21 Å². The van der Waals surface area contributed by atoms with Crippen molar-refractivity contribution < 1.29 is 0 Å². The summed E-state index contributed by atoms with van der Waals surface area (Å²) in [5.74, 6) is 0. The van der Waals surface area contributed by atoms with Crippen molar-refractivity contribution in [3.63, 3.8) is 0 Å². The van der Waals surface area contributed by atoms with Crippen molar-refractivity contribution in [3.8, 4) is 0 Å². The Kier molecular flexibility index (Phi) is 6.70. The van der Waals surface area contributed by atoms with Crippen LogP contribution in [0.15, 0.2) is 28.9 Å². The van der Waals surface area contributed by atoms with Gasteiger partial charge in [0, 0.05) is 12.4 Å². The van der Waals surface area contributed by atoms with E-state index in [9.17, 15) is 0 Å². The standard InChI is InChI=1S/C10H17N/c1-4-6-7-8-11-9-10(3)5-2/h5,7-9H,4,6H2,1-3H3/b8-7-,10-5+,11-9+. The van der Waals surface area contributed by atoms with Crippen LogP contribution in [0.2, 0.25) is 0 Å². The lowest BCUT2D eigenvalue weighted by Crippen LogP contribution is -1.73. The lowest BCUT2D eigenvalue weighted by molar-refractivity contribution is 0.956. The average Bonchev–Trinajstić information content (AvgIpc) is 2.04. The molecule has 0 atom stereocenters. The van der Waals surface area contributed by atoms with E-state index in [2.05, 4.69) is 18.0 Å². The number of hydrogen-bond donors (Lipinski definition) is 0. The third kappa shape index (κ3) is 7.04. The highest BCUT2D eigenvalue weighted by Crippen LogP contribution is 1.90. The van der Waals surface area contributed by atoms with E-state index < -0.39 is 0 Å². The third-order valence-corrected chi connectivity index (χ3v) is 1.38. The molecule has 1 nitrogen and oxygen atoms in total. The predicted octanol–water partition coefficient (Wildman–Crippen LogP) is 3.34. The highest BCUT2D eigenvalue weighted by atomic mass is 14.7. The maximum atomic E-state index is 4.11. The average molecular weight is 151 g/mol. The molecule has 0 heterocycles. The Hall–Kier alpha value is -0.850. The van der Waals surface area contributed by atoms with E-state index in [1.54, 1.807) is 0 Å². The predicted molar refractivity (Wildman–Crippen MR) is 52.0 cm³/mol. The Labute approximate surface area is 69.5 Å². The lowest BCUT2D eigenvalue weighted by Gasteiger charge is -1.84. The van der Waals surface area contributed by atoms with Crippen LogP contribution in [0.5, 0.6) is 0 Å². The molecule has 0 aliphatic heterocycles. The number of aliphatic imine (C=N–C) groups is 1. The van der Waals surface area contributed by atoms with Crippen LogP contribution in [0.1, 0.15) is 33.6 Å². The molecule has 0 saturated heterocycles. The van der Waals surface area contributed by atoms with Gasteiger partial charge in [-0.3, -0.25) is 4.99 Å². The van der Waals surface area contributed by atoms with Crippen molar-refractivity contribution in [1.29, 1.82) is 0 Å². The molecule has 62 valence electrons. The summed E-state index contributed by atoms with van der Waals surface area (Å²) in [5, 5.41) is 0. The van der Waals surface area contributed by atoms with Gasteiger partial charge in [0.1, 0.15) is 0 Å². The molecule has 0 rings (SSSR count). The Morgan fingerprint density at radius 2 is 2.18 bits per heavy atom. The van der Waals surface area contributed by atoms with Crippen LogP contribution in [0.3, 0.4) is 0 Å². The van der Waals surface area contributed by atoms with Gasteiger partial charge in [0.2, 0.25) is 0 Å². The molecule has 0 aromatic heterocycles. The summed E-state index contributed by atoms with van der Waals surface area (Å²) in [5.41, 5.74) is 1.20. The molecule has 0 aliphatic rings. The van der Waals surface area contributed by atoms with Gasteiger partial charge in [-0.15, -0.1) is 0 Å². The van der Waals surface area contributed by atoms with Gasteiger partial charge in [0.15, 0.2) is 0 Å². The van der Waals surface area contributed by atoms with Gasteiger partial charge < -0.3 is 0 Å². The zero-order valence-corrected chi connectivity index (χ0v) is 7.67. The smallest absolute Gasteiger partial charge is 0.0293 e. The fourth-order valence-corrected chi connectivity index (χ4v) is 0.537. The molecule has 0 aromatic carbocycles. The number of nitrogens with zero attached hydrogens (tertiary/aromatic N) is 1. The molecule has 0 unspecified atom stereocenters.